The van der Waals surface area contributed by atoms with Crippen LogP contribution in [0.25, 0.3) is 27.7 Å². The number of aryl methyl sites for hydroxylation is 1. The number of benzene rings is 2. The molecule has 11 nitrogen and oxygen atoms in total. The largest absolute Gasteiger partial charge is 0.476 e. The lowest BCUT2D eigenvalue weighted by Gasteiger charge is -2.18. The summed E-state index contributed by atoms with van der Waals surface area (Å²) in [5.74, 6) is 1.41. The number of unbranched alkanes of at least 4 members (excludes halogenated alkanes) is 1. The summed E-state index contributed by atoms with van der Waals surface area (Å²) in [7, 11) is 0. The van der Waals surface area contributed by atoms with Gasteiger partial charge >= 0.3 is 0 Å². The Hall–Kier alpha value is -4.48. The molecule has 2 aromatic carbocycles. The Labute approximate surface area is 264 Å². The highest BCUT2D eigenvalue weighted by Crippen LogP contribution is 2.44. The van der Waals surface area contributed by atoms with E-state index in [2.05, 4.69) is 51.9 Å². The zero-order valence-corrected chi connectivity index (χ0v) is 25.8. The minimum atomic E-state index is -0.450. The zero-order valence-electron chi connectivity index (χ0n) is 25.1. The predicted molar refractivity (Wildman–Crippen MR) is 168 cm³/mol. The van der Waals surface area contributed by atoms with Gasteiger partial charge in [-0.15, -0.1) is 0 Å². The van der Waals surface area contributed by atoms with Crippen LogP contribution in [0, 0.1) is 0 Å². The molecule has 1 fully saturated rings. The molecule has 0 aliphatic carbocycles. The van der Waals surface area contributed by atoms with Crippen LogP contribution in [0.15, 0.2) is 64.2 Å². The second-order valence-electron chi connectivity index (χ2n) is 12.2. The van der Waals surface area contributed by atoms with Crippen molar-refractivity contribution in [3.8, 4) is 22.7 Å². The maximum atomic E-state index is 12.9. The number of fused-ring (bicyclic) bond motifs is 5. The highest BCUT2D eigenvalue weighted by atomic mass is 35.5. The van der Waals surface area contributed by atoms with E-state index in [9.17, 15) is 14.7 Å². The molecule has 232 valence electrons. The molecule has 12 heteroatoms. The van der Waals surface area contributed by atoms with Gasteiger partial charge in [0.05, 0.1) is 52.4 Å². The van der Waals surface area contributed by atoms with Crippen LogP contribution in [-0.2, 0) is 23.2 Å². The second-order valence-corrected chi connectivity index (χ2v) is 12.6. The number of ether oxygens (including phenoxy) is 1. The Kier molecular flexibility index (Phi) is 7.45. The van der Waals surface area contributed by atoms with Crippen LogP contribution < -0.4 is 10.3 Å². The van der Waals surface area contributed by atoms with Crippen molar-refractivity contribution in [1.82, 2.24) is 29.4 Å². The summed E-state index contributed by atoms with van der Waals surface area (Å²) in [6.45, 7) is 6.27. The summed E-state index contributed by atoms with van der Waals surface area (Å²) in [5.41, 5.74) is 4.07. The van der Waals surface area contributed by atoms with Crippen LogP contribution >= 0.6 is 11.6 Å². The molecule has 5 heterocycles. The molecule has 2 aliphatic heterocycles. The number of nitrogens with zero attached hydrogens (tertiary/aromatic N) is 6. The van der Waals surface area contributed by atoms with Gasteiger partial charge in [-0.25, -0.2) is 0 Å². The third-order valence-electron chi connectivity index (χ3n) is 8.71. The van der Waals surface area contributed by atoms with E-state index in [4.69, 9.17) is 20.9 Å². The molecule has 1 unspecified atom stereocenters. The molecule has 0 saturated carbocycles. The number of aromatic nitrogens is 5. The van der Waals surface area contributed by atoms with Gasteiger partial charge in [-0.05, 0) is 67.6 Å². The molecule has 1 N–H and O–H groups in total. The molecule has 0 radical (unpaired) electrons. The van der Waals surface area contributed by atoms with Crippen molar-refractivity contribution < 1.29 is 19.2 Å². The van der Waals surface area contributed by atoms with Crippen molar-refractivity contribution >= 4 is 28.4 Å². The van der Waals surface area contributed by atoms with Crippen LogP contribution in [0.2, 0.25) is 5.02 Å². The van der Waals surface area contributed by atoms with Crippen molar-refractivity contribution in [3.05, 3.63) is 87.4 Å². The molecule has 1 saturated heterocycles. The zero-order chi connectivity index (χ0) is 31.3. The van der Waals surface area contributed by atoms with E-state index < -0.39 is 11.5 Å². The Morgan fingerprint density at radius 3 is 2.87 bits per heavy atom. The number of β-amino-alcohol motifs (C(OH)–C–C–N with tert-alkyl or cyclic N) is 1. The SMILES string of the molecule is CC1(C)c2ccc(-c3cnn(CCCCOc4cc(CC(=O)N5CCC(O)C5)on4)c3)cc2-n2c1nc(=O)c1c(Cl)cccc12. The fraction of sp³-hybridized carbons (Fsp3) is 0.364. The molecule has 45 heavy (non-hydrogen) atoms. The number of hydrogen-bond acceptors (Lipinski definition) is 8. The van der Waals surface area contributed by atoms with Crippen molar-refractivity contribution in [3.63, 3.8) is 0 Å². The average Bonchev–Trinajstić information content (AvgIpc) is 3.81. The molecular weight excluding hydrogens is 596 g/mol. The molecule has 1 atom stereocenters. The van der Waals surface area contributed by atoms with E-state index in [0.29, 0.717) is 54.0 Å². The highest BCUT2D eigenvalue weighted by Gasteiger charge is 2.38. The Bertz CT molecular complexity index is 1980. The molecule has 7 rings (SSSR count). The molecule has 3 aromatic heterocycles. The minimum Gasteiger partial charge on any atom is -0.476 e. The van der Waals surface area contributed by atoms with E-state index in [-0.39, 0.29) is 17.9 Å². The van der Waals surface area contributed by atoms with Gasteiger partial charge in [-0.3, -0.25) is 18.8 Å². The third kappa shape index (κ3) is 5.40. The summed E-state index contributed by atoms with van der Waals surface area (Å²) in [6, 6.07) is 13.5. The summed E-state index contributed by atoms with van der Waals surface area (Å²) >= 11 is 6.43. The number of aliphatic hydroxyl groups excluding tert-OH is 1. The van der Waals surface area contributed by atoms with E-state index in [1.807, 2.05) is 29.2 Å². The van der Waals surface area contributed by atoms with E-state index >= 15 is 0 Å². The fourth-order valence-electron chi connectivity index (χ4n) is 6.30. The predicted octanol–water partition coefficient (Wildman–Crippen LogP) is 4.52. The lowest BCUT2D eigenvalue weighted by molar-refractivity contribution is -0.130. The standard InChI is InChI=1S/C33H33ClN6O5/c1-33(2)24-9-8-20(14-27(24)40-26-7-5-6-25(34)30(26)31(43)36-32(33)40)21-17-35-39(18-21)11-3-4-13-44-28-15-23(45-37-28)16-29(42)38-12-10-22(41)19-38/h5-9,14-15,17-18,22,41H,3-4,10-13,16,19H2,1-2H3. The van der Waals surface area contributed by atoms with Crippen LogP contribution in [0.5, 0.6) is 5.88 Å². The monoisotopic (exact) mass is 628 g/mol. The van der Waals surface area contributed by atoms with Crippen LogP contribution in [0.4, 0.5) is 0 Å². The number of amides is 1. The van der Waals surface area contributed by atoms with Gasteiger partial charge in [0.15, 0.2) is 0 Å². The van der Waals surface area contributed by atoms with Crippen LogP contribution in [0.3, 0.4) is 0 Å². The van der Waals surface area contributed by atoms with Gasteiger partial charge in [0.2, 0.25) is 5.91 Å². The number of halogens is 1. The second kappa shape index (κ2) is 11.5. The van der Waals surface area contributed by atoms with Gasteiger partial charge < -0.3 is 19.3 Å². The maximum Gasteiger partial charge on any atom is 0.282 e. The summed E-state index contributed by atoms with van der Waals surface area (Å²) in [5, 5.41) is 18.9. The van der Waals surface area contributed by atoms with Gasteiger partial charge in [-0.2, -0.15) is 10.1 Å². The number of aliphatic hydroxyl groups is 1. The normalized spacial score (nSPS) is 16.7. The highest BCUT2D eigenvalue weighted by molar-refractivity contribution is 6.35. The van der Waals surface area contributed by atoms with Gasteiger partial charge in [0.1, 0.15) is 11.6 Å². The van der Waals surface area contributed by atoms with Crippen molar-refractivity contribution in [2.24, 2.45) is 0 Å². The lowest BCUT2D eigenvalue weighted by atomic mass is 9.85. The molecule has 0 bridgehead atoms. The number of carbonyl (C=O) groups is 1. The first kappa shape index (κ1) is 29.2. The molecule has 1 amide bonds. The average molecular weight is 629 g/mol. The summed E-state index contributed by atoms with van der Waals surface area (Å²) in [6.07, 6.45) is 5.78. The molecule has 2 aliphatic rings. The van der Waals surface area contributed by atoms with Gasteiger partial charge in [-0.1, -0.05) is 29.8 Å². The lowest BCUT2D eigenvalue weighted by Crippen LogP contribution is -2.30. The first-order valence-corrected chi connectivity index (χ1v) is 15.5. The first-order valence-electron chi connectivity index (χ1n) is 15.1. The van der Waals surface area contributed by atoms with E-state index in [1.165, 1.54) is 0 Å². The number of rotatable bonds is 9. The number of carbonyl (C=O) groups excluding carboxylic acids is 1. The Morgan fingerprint density at radius 1 is 1.18 bits per heavy atom. The van der Waals surface area contributed by atoms with Crippen LogP contribution in [0.1, 0.15) is 50.3 Å². The van der Waals surface area contributed by atoms with E-state index in [0.717, 1.165) is 47.3 Å². The molecular formula is C33H33ClN6O5. The Balaban J connectivity index is 0.978. The summed E-state index contributed by atoms with van der Waals surface area (Å²) in [4.78, 5) is 31.4. The first-order chi connectivity index (χ1) is 21.7. The van der Waals surface area contributed by atoms with Crippen molar-refractivity contribution in [1.29, 1.82) is 0 Å². The third-order valence-corrected chi connectivity index (χ3v) is 9.03. The smallest absolute Gasteiger partial charge is 0.282 e. The quantitative estimate of drug-likeness (QED) is 0.236. The molecule has 5 aromatic rings. The van der Waals surface area contributed by atoms with Crippen molar-refractivity contribution in [2.75, 3.05) is 19.7 Å². The number of hydrogen-bond donors (Lipinski definition) is 1. The fourth-order valence-corrected chi connectivity index (χ4v) is 6.55. The van der Waals surface area contributed by atoms with Gasteiger partial charge in [0, 0.05) is 37.5 Å². The van der Waals surface area contributed by atoms with E-state index in [1.54, 1.807) is 17.0 Å². The number of likely N-dealkylation sites (tertiary alicyclic amines) is 1. The Morgan fingerprint density at radius 2 is 2.04 bits per heavy atom. The van der Waals surface area contributed by atoms with Gasteiger partial charge in [0.25, 0.3) is 11.4 Å². The minimum absolute atomic E-state index is 0.0894. The maximum absolute atomic E-state index is 12.9. The summed E-state index contributed by atoms with van der Waals surface area (Å²) < 4.78 is 15.0. The molecule has 0 spiro atoms. The topological polar surface area (TPSA) is 129 Å². The van der Waals surface area contributed by atoms with Crippen LogP contribution in [-0.4, -0.2) is 66.2 Å². The van der Waals surface area contributed by atoms with Crippen molar-refractivity contribution in [2.45, 2.75) is 57.6 Å².